The van der Waals surface area contributed by atoms with Crippen molar-refractivity contribution in [3.63, 3.8) is 0 Å². The van der Waals surface area contributed by atoms with Gasteiger partial charge in [0.05, 0.1) is 45.8 Å². The molecule has 1 aliphatic heterocycles. The first-order valence-corrected chi connectivity index (χ1v) is 10.6. The number of anilines is 1. The molecule has 0 amide bonds. The second kappa shape index (κ2) is 8.25. The lowest BCUT2D eigenvalue weighted by molar-refractivity contribution is 0.0526. The minimum absolute atomic E-state index is 0.313. The van der Waals surface area contributed by atoms with Crippen LogP contribution in [0.2, 0.25) is 10.0 Å². The zero-order valence-corrected chi connectivity index (χ0v) is 17.5. The predicted molar refractivity (Wildman–Crippen MR) is 114 cm³/mol. The standard InChI is InChI=1S/C20H18Cl2N2O3S/c1-2-27-20(25)13-10-23-17-14(12-4-3-5-15(21)16(12)22)11-28-19(17)18(13)24-6-8-26-9-7-24/h3-5,10-11H,2,6-9H2,1H3. The van der Waals surface area contributed by atoms with Crippen LogP contribution in [0.1, 0.15) is 17.3 Å². The van der Waals surface area contributed by atoms with Gasteiger partial charge in [0.25, 0.3) is 0 Å². The first-order valence-electron chi connectivity index (χ1n) is 8.96. The van der Waals surface area contributed by atoms with Crippen molar-refractivity contribution in [3.8, 4) is 11.1 Å². The molecule has 0 aliphatic carbocycles. The van der Waals surface area contributed by atoms with Crippen molar-refractivity contribution in [3.05, 3.63) is 45.4 Å². The Morgan fingerprint density at radius 3 is 2.82 bits per heavy atom. The SMILES string of the molecule is CCOC(=O)c1cnc2c(-c3cccc(Cl)c3Cl)csc2c1N1CCOCC1. The molecule has 1 fully saturated rings. The number of carbonyl (C=O) groups is 1. The quantitative estimate of drug-likeness (QED) is 0.520. The summed E-state index contributed by atoms with van der Waals surface area (Å²) in [6, 6.07) is 5.54. The Hall–Kier alpha value is -1.86. The van der Waals surface area contributed by atoms with E-state index in [1.807, 2.05) is 17.5 Å². The largest absolute Gasteiger partial charge is 0.462 e. The van der Waals surface area contributed by atoms with Crippen LogP contribution in [0.3, 0.4) is 0 Å². The zero-order valence-electron chi connectivity index (χ0n) is 15.2. The second-order valence-corrected chi connectivity index (χ2v) is 7.93. The van der Waals surface area contributed by atoms with E-state index < -0.39 is 0 Å². The number of hydrogen-bond acceptors (Lipinski definition) is 6. The fourth-order valence-electron chi connectivity index (χ4n) is 3.32. The third-order valence-corrected chi connectivity index (χ3v) is 6.42. The molecule has 3 aromatic rings. The first-order chi connectivity index (χ1) is 13.6. The van der Waals surface area contributed by atoms with Gasteiger partial charge >= 0.3 is 5.97 Å². The van der Waals surface area contributed by atoms with Crippen LogP contribution in [-0.2, 0) is 9.47 Å². The van der Waals surface area contributed by atoms with Crippen molar-refractivity contribution in [1.82, 2.24) is 4.98 Å². The van der Waals surface area contributed by atoms with Gasteiger partial charge in [-0.15, -0.1) is 11.3 Å². The molecule has 0 saturated carbocycles. The monoisotopic (exact) mass is 436 g/mol. The molecular weight excluding hydrogens is 419 g/mol. The van der Waals surface area contributed by atoms with E-state index in [1.165, 1.54) is 11.3 Å². The summed E-state index contributed by atoms with van der Waals surface area (Å²) in [6.07, 6.45) is 1.60. The maximum Gasteiger partial charge on any atom is 0.341 e. The number of ether oxygens (including phenoxy) is 2. The number of carbonyl (C=O) groups excluding carboxylic acids is 1. The third kappa shape index (κ3) is 3.46. The smallest absolute Gasteiger partial charge is 0.341 e. The Morgan fingerprint density at radius 1 is 1.29 bits per heavy atom. The lowest BCUT2D eigenvalue weighted by Gasteiger charge is -2.30. The molecule has 4 rings (SSSR count). The highest BCUT2D eigenvalue weighted by molar-refractivity contribution is 7.18. The number of morpholine rings is 1. The molecule has 3 heterocycles. The number of pyridine rings is 1. The highest BCUT2D eigenvalue weighted by atomic mass is 35.5. The van der Waals surface area contributed by atoms with Crippen molar-refractivity contribution < 1.29 is 14.3 Å². The summed E-state index contributed by atoms with van der Waals surface area (Å²) >= 11 is 14.2. The van der Waals surface area contributed by atoms with Gasteiger partial charge in [0.2, 0.25) is 0 Å². The molecule has 1 saturated heterocycles. The number of thiophene rings is 1. The highest BCUT2D eigenvalue weighted by Crippen LogP contribution is 2.43. The van der Waals surface area contributed by atoms with E-state index in [0.29, 0.717) is 48.5 Å². The van der Waals surface area contributed by atoms with E-state index in [1.54, 1.807) is 19.2 Å². The van der Waals surface area contributed by atoms with Crippen LogP contribution in [0.15, 0.2) is 29.8 Å². The Kier molecular flexibility index (Phi) is 5.73. The molecule has 28 heavy (non-hydrogen) atoms. The Morgan fingerprint density at radius 2 is 2.07 bits per heavy atom. The van der Waals surface area contributed by atoms with Crippen molar-refractivity contribution in [2.24, 2.45) is 0 Å². The molecule has 0 unspecified atom stereocenters. The van der Waals surface area contributed by atoms with Gasteiger partial charge in [-0.1, -0.05) is 35.3 Å². The summed E-state index contributed by atoms with van der Waals surface area (Å²) in [5.74, 6) is -0.367. The molecule has 8 heteroatoms. The van der Waals surface area contributed by atoms with Crippen molar-refractivity contribution in [2.75, 3.05) is 37.8 Å². The number of hydrogen-bond donors (Lipinski definition) is 0. The van der Waals surface area contributed by atoms with Crippen LogP contribution < -0.4 is 4.90 Å². The maximum absolute atomic E-state index is 12.6. The summed E-state index contributed by atoms with van der Waals surface area (Å²) in [5.41, 5.74) is 3.84. The molecule has 146 valence electrons. The number of esters is 1. The Labute approximate surface area is 176 Å². The number of fused-ring (bicyclic) bond motifs is 1. The zero-order chi connectivity index (χ0) is 19.7. The maximum atomic E-state index is 12.6. The van der Waals surface area contributed by atoms with Gasteiger partial charge in [0, 0.05) is 35.8 Å². The molecule has 0 atom stereocenters. The molecule has 1 aromatic carbocycles. The van der Waals surface area contributed by atoms with Gasteiger partial charge in [-0.05, 0) is 13.0 Å². The average Bonchev–Trinajstić information content (AvgIpc) is 3.14. The third-order valence-electron chi connectivity index (χ3n) is 4.62. The summed E-state index contributed by atoms with van der Waals surface area (Å²) < 4.78 is 11.7. The number of aromatic nitrogens is 1. The van der Waals surface area contributed by atoms with Crippen LogP contribution in [0, 0.1) is 0 Å². The summed E-state index contributed by atoms with van der Waals surface area (Å²) in [7, 11) is 0. The van der Waals surface area contributed by atoms with Gasteiger partial charge in [-0.3, -0.25) is 4.98 Å². The minimum Gasteiger partial charge on any atom is -0.462 e. The van der Waals surface area contributed by atoms with E-state index in [2.05, 4.69) is 9.88 Å². The summed E-state index contributed by atoms with van der Waals surface area (Å²) in [4.78, 5) is 19.3. The molecule has 0 radical (unpaired) electrons. The molecule has 1 aliphatic rings. The van der Waals surface area contributed by atoms with Crippen LogP contribution in [0.4, 0.5) is 5.69 Å². The van der Waals surface area contributed by atoms with Crippen molar-refractivity contribution >= 4 is 56.4 Å². The fraction of sp³-hybridized carbons (Fsp3) is 0.300. The van der Waals surface area contributed by atoms with Crippen LogP contribution >= 0.6 is 34.5 Å². The highest BCUT2D eigenvalue weighted by Gasteiger charge is 2.25. The normalized spacial score (nSPS) is 14.5. The number of nitrogens with zero attached hydrogens (tertiary/aromatic N) is 2. The first kappa shape index (κ1) is 19.5. The van der Waals surface area contributed by atoms with Crippen molar-refractivity contribution in [2.45, 2.75) is 6.92 Å². The fourth-order valence-corrected chi connectivity index (χ4v) is 4.82. The average molecular weight is 437 g/mol. The van der Waals surface area contributed by atoms with Crippen molar-refractivity contribution in [1.29, 1.82) is 0 Å². The van der Waals surface area contributed by atoms with Crippen LogP contribution in [0.25, 0.3) is 21.3 Å². The summed E-state index contributed by atoms with van der Waals surface area (Å²) in [5, 5.41) is 3.00. The molecule has 5 nitrogen and oxygen atoms in total. The molecule has 2 aromatic heterocycles. The van der Waals surface area contributed by atoms with E-state index in [4.69, 9.17) is 32.7 Å². The molecule has 0 N–H and O–H groups in total. The summed E-state index contributed by atoms with van der Waals surface area (Å²) in [6.45, 7) is 4.75. The Balaban J connectivity index is 1.91. The van der Waals surface area contributed by atoms with E-state index in [-0.39, 0.29) is 5.97 Å². The predicted octanol–water partition coefficient (Wildman–Crippen LogP) is 5.28. The van der Waals surface area contributed by atoms with Gasteiger partial charge in [-0.25, -0.2) is 4.79 Å². The number of halogens is 2. The molecular formula is C20H18Cl2N2O3S. The lowest BCUT2D eigenvalue weighted by atomic mass is 10.1. The van der Waals surface area contributed by atoms with Gasteiger partial charge < -0.3 is 14.4 Å². The minimum atomic E-state index is -0.367. The van der Waals surface area contributed by atoms with Gasteiger partial charge in [0.15, 0.2) is 0 Å². The van der Waals surface area contributed by atoms with E-state index in [9.17, 15) is 4.79 Å². The van der Waals surface area contributed by atoms with Crippen LogP contribution in [-0.4, -0.2) is 43.9 Å². The molecule has 0 bridgehead atoms. The number of benzene rings is 1. The van der Waals surface area contributed by atoms with Gasteiger partial charge in [-0.2, -0.15) is 0 Å². The second-order valence-electron chi connectivity index (χ2n) is 6.27. The van der Waals surface area contributed by atoms with E-state index in [0.717, 1.165) is 27.0 Å². The van der Waals surface area contributed by atoms with Gasteiger partial charge in [0.1, 0.15) is 5.56 Å². The molecule has 0 spiro atoms. The van der Waals surface area contributed by atoms with E-state index >= 15 is 0 Å². The number of rotatable bonds is 4. The lowest BCUT2D eigenvalue weighted by Crippen LogP contribution is -2.37. The Bertz CT molecular complexity index is 1030. The topological polar surface area (TPSA) is 51.7 Å². The van der Waals surface area contributed by atoms with Crippen LogP contribution in [0.5, 0.6) is 0 Å².